The van der Waals surface area contributed by atoms with Gasteiger partial charge >= 0.3 is 0 Å². The molecular weight excluding hydrogens is 464 g/mol. The minimum Gasteiger partial charge on any atom is -0.351 e. The summed E-state index contributed by atoms with van der Waals surface area (Å²) in [5, 5.41) is 5.47. The molecule has 2 aliphatic heterocycles. The fraction of sp³-hybridized carbons (Fsp3) is 0.231. The Bertz CT molecular complexity index is 1310. The van der Waals surface area contributed by atoms with Gasteiger partial charge in [-0.05, 0) is 48.6 Å². The van der Waals surface area contributed by atoms with Crippen LogP contribution in [0.3, 0.4) is 0 Å². The van der Waals surface area contributed by atoms with Crippen LogP contribution in [0.15, 0.2) is 70.0 Å². The molecule has 3 aromatic rings. The van der Waals surface area contributed by atoms with Gasteiger partial charge in [0.2, 0.25) is 5.91 Å². The highest BCUT2D eigenvalue weighted by molar-refractivity contribution is 8.13. The van der Waals surface area contributed by atoms with Gasteiger partial charge in [-0.3, -0.25) is 14.6 Å². The van der Waals surface area contributed by atoms with Crippen LogP contribution >= 0.6 is 23.1 Å². The minimum atomic E-state index is -0.753. The van der Waals surface area contributed by atoms with Crippen LogP contribution in [0.5, 0.6) is 0 Å². The first-order valence-corrected chi connectivity index (χ1v) is 12.9. The summed E-state index contributed by atoms with van der Waals surface area (Å²) in [7, 11) is 0. The van der Waals surface area contributed by atoms with Gasteiger partial charge < -0.3 is 5.32 Å². The Morgan fingerprint density at radius 2 is 2.00 bits per heavy atom. The molecule has 2 amide bonds. The second-order valence-electron chi connectivity index (χ2n) is 8.33. The standard InChI is InChI=1S/C26H24N4O2S2/c1-16-9-10-18(17(2)12-16)15-34-26-29-21-8-4-3-7-20(21)24-28-22(25(32)30(24)26)13-23(31)27-14-19-6-5-11-33-19/h3-12,22H,13-15H2,1-2H3,(H,27,31)/t22-/m1/s1. The van der Waals surface area contributed by atoms with E-state index in [4.69, 9.17) is 9.98 Å². The van der Waals surface area contributed by atoms with Gasteiger partial charge in [-0.1, -0.05) is 53.7 Å². The number of thiophene rings is 1. The van der Waals surface area contributed by atoms with Crippen molar-refractivity contribution in [3.63, 3.8) is 0 Å². The zero-order chi connectivity index (χ0) is 23.7. The predicted molar refractivity (Wildman–Crippen MR) is 139 cm³/mol. The van der Waals surface area contributed by atoms with Gasteiger partial charge in [-0.2, -0.15) is 0 Å². The number of benzene rings is 2. The van der Waals surface area contributed by atoms with E-state index in [2.05, 4.69) is 37.4 Å². The molecule has 0 radical (unpaired) electrons. The van der Waals surface area contributed by atoms with E-state index in [-0.39, 0.29) is 18.2 Å². The number of thioether (sulfide) groups is 1. The fourth-order valence-electron chi connectivity index (χ4n) is 4.03. The van der Waals surface area contributed by atoms with Gasteiger partial charge in [0, 0.05) is 16.2 Å². The van der Waals surface area contributed by atoms with E-state index in [0.29, 0.717) is 23.3 Å². The zero-order valence-corrected chi connectivity index (χ0v) is 20.6. The van der Waals surface area contributed by atoms with Crippen LogP contribution in [0.2, 0.25) is 0 Å². The summed E-state index contributed by atoms with van der Waals surface area (Å²) >= 11 is 3.11. The number of nitrogens with zero attached hydrogens (tertiary/aromatic N) is 3. The lowest BCUT2D eigenvalue weighted by Crippen LogP contribution is -2.42. The lowest BCUT2D eigenvalue weighted by atomic mass is 10.1. The van der Waals surface area contributed by atoms with Gasteiger partial charge in [0.05, 0.1) is 18.7 Å². The maximum Gasteiger partial charge on any atom is 0.259 e. The predicted octanol–water partition coefficient (Wildman–Crippen LogP) is 4.96. The van der Waals surface area contributed by atoms with Crippen molar-refractivity contribution in [1.29, 1.82) is 0 Å². The summed E-state index contributed by atoms with van der Waals surface area (Å²) < 4.78 is 0. The van der Waals surface area contributed by atoms with E-state index >= 15 is 0 Å². The molecule has 0 bridgehead atoms. The molecule has 2 aromatic carbocycles. The second-order valence-corrected chi connectivity index (χ2v) is 10.3. The highest BCUT2D eigenvalue weighted by Crippen LogP contribution is 2.35. The Balaban J connectivity index is 1.35. The van der Waals surface area contributed by atoms with Crippen LogP contribution in [0.4, 0.5) is 5.69 Å². The van der Waals surface area contributed by atoms with Crippen molar-refractivity contribution < 1.29 is 9.59 Å². The molecule has 6 nitrogen and oxygen atoms in total. The van der Waals surface area contributed by atoms with Crippen molar-refractivity contribution in [3.8, 4) is 0 Å². The van der Waals surface area contributed by atoms with Crippen molar-refractivity contribution in [1.82, 2.24) is 10.2 Å². The Morgan fingerprint density at radius 3 is 2.79 bits per heavy atom. The molecule has 0 saturated carbocycles. The van der Waals surface area contributed by atoms with Gasteiger partial charge in [-0.15, -0.1) is 11.3 Å². The molecule has 0 unspecified atom stereocenters. The lowest BCUT2D eigenvalue weighted by molar-refractivity contribution is -0.128. The number of aryl methyl sites for hydroxylation is 2. The molecule has 0 saturated heterocycles. The number of hydrogen-bond donors (Lipinski definition) is 1. The first kappa shape index (κ1) is 22.6. The molecule has 2 aliphatic rings. The van der Waals surface area contributed by atoms with Crippen molar-refractivity contribution >= 4 is 51.6 Å². The van der Waals surface area contributed by atoms with Gasteiger partial charge in [-0.25, -0.2) is 9.89 Å². The summed E-state index contributed by atoms with van der Waals surface area (Å²) in [6.07, 6.45) is 0.0153. The smallest absolute Gasteiger partial charge is 0.259 e. The molecule has 0 aliphatic carbocycles. The summed E-state index contributed by atoms with van der Waals surface area (Å²) in [6.45, 7) is 4.63. The van der Waals surface area contributed by atoms with Gasteiger partial charge in [0.25, 0.3) is 5.91 Å². The average molecular weight is 489 g/mol. The topological polar surface area (TPSA) is 74.1 Å². The Morgan fingerprint density at radius 1 is 1.15 bits per heavy atom. The number of carbonyl (C=O) groups is 2. The normalized spacial score (nSPS) is 16.6. The SMILES string of the molecule is Cc1ccc(CSC2=Nc3ccccc3C3=N[C@H](CC(=O)NCc4cccs4)C(=O)N23)c(C)c1. The number of amidine groups is 2. The maximum absolute atomic E-state index is 13.4. The third-order valence-electron chi connectivity index (χ3n) is 5.82. The van der Waals surface area contributed by atoms with Crippen LogP contribution in [-0.2, 0) is 21.9 Å². The highest BCUT2D eigenvalue weighted by atomic mass is 32.2. The summed E-state index contributed by atoms with van der Waals surface area (Å²) in [5.41, 5.74) is 5.24. The lowest BCUT2D eigenvalue weighted by Gasteiger charge is -2.25. The first-order valence-electron chi connectivity index (χ1n) is 11.1. The van der Waals surface area contributed by atoms with E-state index in [1.54, 1.807) is 16.2 Å². The Labute approximate surface area is 206 Å². The van der Waals surface area contributed by atoms with Crippen LogP contribution in [0.1, 0.15) is 33.6 Å². The summed E-state index contributed by atoms with van der Waals surface area (Å²) in [6, 6.07) is 17.2. The van der Waals surface area contributed by atoms with Crippen LogP contribution in [-0.4, -0.2) is 33.8 Å². The van der Waals surface area contributed by atoms with E-state index in [9.17, 15) is 9.59 Å². The number of fused-ring (bicyclic) bond motifs is 3. The maximum atomic E-state index is 13.4. The minimum absolute atomic E-state index is 0.0153. The van der Waals surface area contributed by atoms with Gasteiger partial charge in [0.15, 0.2) is 5.17 Å². The third kappa shape index (κ3) is 4.56. The molecule has 1 N–H and O–H groups in total. The van der Waals surface area contributed by atoms with Crippen LogP contribution < -0.4 is 5.32 Å². The number of carbonyl (C=O) groups excluding carboxylic acids is 2. The number of aliphatic imine (C=N–C) groups is 2. The number of para-hydroxylation sites is 1. The first-order chi connectivity index (χ1) is 16.5. The zero-order valence-electron chi connectivity index (χ0n) is 18.9. The number of hydrogen-bond acceptors (Lipinski definition) is 6. The molecule has 0 spiro atoms. The molecule has 34 heavy (non-hydrogen) atoms. The van der Waals surface area contributed by atoms with Crippen LogP contribution in [0, 0.1) is 13.8 Å². The average Bonchev–Trinajstić information content (AvgIpc) is 3.46. The number of nitrogens with one attached hydrogen (secondary N) is 1. The molecular formula is C26H24N4O2S2. The van der Waals surface area contributed by atoms with E-state index in [1.165, 1.54) is 28.5 Å². The number of rotatable bonds is 6. The molecule has 1 atom stereocenters. The molecule has 1 aromatic heterocycles. The molecule has 3 heterocycles. The second kappa shape index (κ2) is 9.56. The van der Waals surface area contributed by atoms with Crippen LogP contribution in [0.25, 0.3) is 0 Å². The quantitative estimate of drug-likeness (QED) is 0.533. The highest BCUT2D eigenvalue weighted by Gasteiger charge is 2.42. The largest absolute Gasteiger partial charge is 0.351 e. The fourth-order valence-corrected chi connectivity index (χ4v) is 5.75. The molecule has 8 heteroatoms. The number of amides is 2. The molecule has 172 valence electrons. The summed E-state index contributed by atoms with van der Waals surface area (Å²) in [4.78, 5) is 38.1. The van der Waals surface area contributed by atoms with Crippen molar-refractivity contribution in [3.05, 3.63) is 87.1 Å². The third-order valence-corrected chi connectivity index (χ3v) is 7.68. The van der Waals surface area contributed by atoms with E-state index in [0.717, 1.165) is 16.1 Å². The van der Waals surface area contributed by atoms with Crippen molar-refractivity contribution in [2.24, 2.45) is 9.98 Å². The van der Waals surface area contributed by atoms with Gasteiger partial charge in [0.1, 0.15) is 11.9 Å². The Hall–Kier alpha value is -3.23. The summed E-state index contributed by atoms with van der Waals surface area (Å²) in [5.74, 6) is 0.874. The molecule has 5 rings (SSSR count). The van der Waals surface area contributed by atoms with Crippen molar-refractivity contribution in [2.75, 3.05) is 0 Å². The monoisotopic (exact) mass is 488 g/mol. The Kier molecular flexibility index (Phi) is 6.34. The van der Waals surface area contributed by atoms with E-state index < -0.39 is 6.04 Å². The van der Waals surface area contributed by atoms with E-state index in [1.807, 2.05) is 41.8 Å². The van der Waals surface area contributed by atoms with Crippen molar-refractivity contribution in [2.45, 2.75) is 38.6 Å². The molecule has 0 fully saturated rings.